The molecule has 3 nitrogen and oxygen atoms in total. The molecule has 96 valence electrons. The van der Waals surface area contributed by atoms with Crippen molar-refractivity contribution in [3.8, 4) is 0 Å². The molecule has 1 heterocycles. The largest absolute Gasteiger partial charge is 0.399 e. The van der Waals surface area contributed by atoms with Crippen LogP contribution in [0.25, 0.3) is 0 Å². The Morgan fingerprint density at radius 2 is 1.89 bits per heavy atom. The van der Waals surface area contributed by atoms with Gasteiger partial charge in [-0.15, -0.1) is 0 Å². The topological polar surface area (TPSA) is 50.4 Å². The highest BCUT2D eigenvalue weighted by Gasteiger charge is 2.16. The van der Waals surface area contributed by atoms with Crippen molar-refractivity contribution in [2.45, 2.75) is 6.42 Å². The average Bonchev–Trinajstić information content (AvgIpc) is 2.47. The van der Waals surface area contributed by atoms with Gasteiger partial charge in [0.1, 0.15) is 0 Å². The molecule has 0 bridgehead atoms. The van der Waals surface area contributed by atoms with E-state index in [1.54, 1.807) is 0 Å². The van der Waals surface area contributed by atoms with Gasteiger partial charge in [0.05, 0.1) is 5.71 Å². The predicted molar refractivity (Wildman–Crippen MR) is 81.1 cm³/mol. The van der Waals surface area contributed by atoms with Crippen LogP contribution in [-0.2, 0) is 6.42 Å². The Bertz CT molecular complexity index is 627. The summed E-state index contributed by atoms with van der Waals surface area (Å²) in [6.45, 7) is 0.853. The third-order valence-corrected chi connectivity index (χ3v) is 3.49. The van der Waals surface area contributed by atoms with Gasteiger partial charge >= 0.3 is 0 Å². The van der Waals surface area contributed by atoms with E-state index in [1.165, 1.54) is 11.1 Å². The summed E-state index contributed by atoms with van der Waals surface area (Å²) < 4.78 is 0. The van der Waals surface area contributed by atoms with E-state index in [4.69, 9.17) is 10.7 Å². The summed E-state index contributed by atoms with van der Waals surface area (Å²) in [5.41, 5.74) is 12.4. The zero-order valence-electron chi connectivity index (χ0n) is 11.0. The molecule has 0 unspecified atom stereocenters. The second-order valence-electron chi connectivity index (χ2n) is 4.72. The first-order chi connectivity index (χ1) is 9.28. The second-order valence-corrected chi connectivity index (χ2v) is 4.72. The van der Waals surface area contributed by atoms with E-state index in [9.17, 15) is 0 Å². The number of nitrogen functional groups attached to an aromatic ring is 1. The van der Waals surface area contributed by atoms with Crippen LogP contribution in [0.5, 0.6) is 0 Å². The standard InChI is InChI=1S/C16H17N3/c1-18-14-7-4-11-8-9-19-16(15(11)10-14)12-2-5-13(17)6-3-12/h2-7,10,18H,8-9,17H2,1H3. The molecule has 0 spiro atoms. The molecule has 2 aromatic carbocycles. The maximum absolute atomic E-state index is 5.75. The number of nitrogens with one attached hydrogen (secondary N) is 1. The highest BCUT2D eigenvalue weighted by Crippen LogP contribution is 2.24. The molecule has 0 aliphatic carbocycles. The monoisotopic (exact) mass is 251 g/mol. The van der Waals surface area contributed by atoms with Gasteiger partial charge in [-0.3, -0.25) is 4.99 Å². The van der Waals surface area contributed by atoms with Crippen LogP contribution in [0, 0.1) is 0 Å². The summed E-state index contributed by atoms with van der Waals surface area (Å²) in [5.74, 6) is 0. The predicted octanol–water partition coefficient (Wildman–Crippen LogP) is 2.70. The first-order valence-corrected chi connectivity index (χ1v) is 6.49. The summed E-state index contributed by atoms with van der Waals surface area (Å²) in [4.78, 5) is 4.69. The van der Waals surface area contributed by atoms with E-state index >= 15 is 0 Å². The van der Waals surface area contributed by atoms with E-state index in [1.807, 2.05) is 31.3 Å². The van der Waals surface area contributed by atoms with Gasteiger partial charge in [-0.25, -0.2) is 0 Å². The summed E-state index contributed by atoms with van der Waals surface area (Å²) in [6, 6.07) is 14.4. The smallest absolute Gasteiger partial charge is 0.0722 e. The first-order valence-electron chi connectivity index (χ1n) is 6.49. The normalized spacial score (nSPS) is 13.6. The van der Waals surface area contributed by atoms with Crippen molar-refractivity contribution in [1.82, 2.24) is 0 Å². The minimum absolute atomic E-state index is 0.782. The minimum atomic E-state index is 0.782. The van der Waals surface area contributed by atoms with Crippen LogP contribution in [0.4, 0.5) is 11.4 Å². The number of rotatable bonds is 2. The lowest BCUT2D eigenvalue weighted by Gasteiger charge is -2.18. The van der Waals surface area contributed by atoms with Gasteiger partial charge in [0.2, 0.25) is 0 Å². The minimum Gasteiger partial charge on any atom is -0.399 e. The lowest BCUT2D eigenvalue weighted by Crippen LogP contribution is -2.14. The summed E-state index contributed by atoms with van der Waals surface area (Å²) in [7, 11) is 1.94. The van der Waals surface area contributed by atoms with E-state index < -0.39 is 0 Å². The molecule has 3 heteroatoms. The molecule has 0 fully saturated rings. The molecule has 1 aliphatic heterocycles. The van der Waals surface area contributed by atoms with Gasteiger partial charge in [-0.05, 0) is 36.2 Å². The fraction of sp³-hybridized carbons (Fsp3) is 0.188. The van der Waals surface area contributed by atoms with Gasteiger partial charge in [0.15, 0.2) is 0 Å². The van der Waals surface area contributed by atoms with Crippen LogP contribution in [0.15, 0.2) is 47.5 Å². The van der Waals surface area contributed by atoms with Crippen LogP contribution in [0.3, 0.4) is 0 Å². The van der Waals surface area contributed by atoms with Gasteiger partial charge in [0.25, 0.3) is 0 Å². The molecule has 3 N–H and O–H groups in total. The van der Waals surface area contributed by atoms with E-state index in [-0.39, 0.29) is 0 Å². The number of anilines is 2. The summed E-state index contributed by atoms with van der Waals surface area (Å²) in [6.07, 6.45) is 1.01. The van der Waals surface area contributed by atoms with Crippen molar-refractivity contribution in [2.24, 2.45) is 4.99 Å². The average molecular weight is 251 g/mol. The first kappa shape index (κ1) is 11.8. The zero-order valence-corrected chi connectivity index (χ0v) is 11.0. The van der Waals surface area contributed by atoms with Crippen LogP contribution in [0.2, 0.25) is 0 Å². The molecule has 0 saturated carbocycles. The number of hydrogen-bond acceptors (Lipinski definition) is 3. The van der Waals surface area contributed by atoms with Crippen LogP contribution in [0.1, 0.15) is 16.7 Å². The van der Waals surface area contributed by atoms with Crippen molar-refractivity contribution in [3.63, 3.8) is 0 Å². The number of nitrogens with zero attached hydrogens (tertiary/aromatic N) is 1. The van der Waals surface area contributed by atoms with E-state index in [0.717, 1.165) is 35.6 Å². The van der Waals surface area contributed by atoms with Crippen molar-refractivity contribution in [1.29, 1.82) is 0 Å². The molecule has 0 saturated heterocycles. The second kappa shape index (κ2) is 4.76. The number of nitrogens with two attached hydrogens (primary N) is 1. The Kier molecular flexibility index (Phi) is 2.95. The van der Waals surface area contributed by atoms with Crippen LogP contribution >= 0.6 is 0 Å². The SMILES string of the molecule is CNc1ccc2c(c1)C(c1ccc(N)cc1)=NCC2. The van der Waals surface area contributed by atoms with Gasteiger partial charge < -0.3 is 11.1 Å². The van der Waals surface area contributed by atoms with Crippen molar-refractivity contribution < 1.29 is 0 Å². The Morgan fingerprint density at radius 1 is 1.11 bits per heavy atom. The fourth-order valence-electron chi connectivity index (χ4n) is 2.43. The maximum atomic E-state index is 5.75. The Hall–Kier alpha value is -2.29. The third-order valence-electron chi connectivity index (χ3n) is 3.49. The number of aliphatic imine (C=N–C) groups is 1. The number of hydrogen-bond donors (Lipinski definition) is 2. The summed E-state index contributed by atoms with van der Waals surface area (Å²) in [5, 5.41) is 3.18. The molecule has 0 amide bonds. The molecule has 0 atom stereocenters. The molecule has 0 radical (unpaired) electrons. The zero-order chi connectivity index (χ0) is 13.2. The molecule has 1 aliphatic rings. The third kappa shape index (κ3) is 2.19. The van der Waals surface area contributed by atoms with E-state index in [2.05, 4.69) is 23.5 Å². The molecule has 2 aromatic rings. The van der Waals surface area contributed by atoms with Gasteiger partial charge in [-0.2, -0.15) is 0 Å². The van der Waals surface area contributed by atoms with Crippen LogP contribution in [-0.4, -0.2) is 19.3 Å². The Labute approximate surface area is 113 Å². The fourth-order valence-corrected chi connectivity index (χ4v) is 2.43. The number of fused-ring (bicyclic) bond motifs is 1. The Balaban J connectivity index is 2.09. The lowest BCUT2D eigenvalue weighted by atomic mass is 9.93. The lowest BCUT2D eigenvalue weighted by molar-refractivity contribution is 0.944. The van der Waals surface area contributed by atoms with E-state index in [0.29, 0.717) is 0 Å². The molecule has 3 rings (SSSR count). The van der Waals surface area contributed by atoms with Crippen molar-refractivity contribution >= 4 is 17.1 Å². The highest BCUT2D eigenvalue weighted by molar-refractivity contribution is 6.14. The Morgan fingerprint density at radius 3 is 2.63 bits per heavy atom. The molecule has 0 aromatic heterocycles. The van der Waals surface area contributed by atoms with Crippen molar-refractivity contribution in [2.75, 3.05) is 24.6 Å². The van der Waals surface area contributed by atoms with Gasteiger partial charge in [0, 0.05) is 36.1 Å². The van der Waals surface area contributed by atoms with Gasteiger partial charge in [-0.1, -0.05) is 18.2 Å². The summed E-state index contributed by atoms with van der Waals surface area (Å²) >= 11 is 0. The van der Waals surface area contributed by atoms with Crippen molar-refractivity contribution in [3.05, 3.63) is 59.2 Å². The molecule has 19 heavy (non-hydrogen) atoms. The maximum Gasteiger partial charge on any atom is 0.0722 e. The molecular formula is C16H17N3. The van der Waals surface area contributed by atoms with Crippen LogP contribution < -0.4 is 11.1 Å². The number of benzene rings is 2. The highest BCUT2D eigenvalue weighted by atomic mass is 14.8. The quantitative estimate of drug-likeness (QED) is 0.806. The molecular weight excluding hydrogens is 234 g/mol.